The first-order chi connectivity index (χ1) is 10.2. The molecular formula is C16H18N2O3. The molecular weight excluding hydrogens is 268 g/mol. The lowest BCUT2D eigenvalue weighted by Crippen LogP contribution is -2.49. The van der Waals surface area contributed by atoms with Gasteiger partial charge in [-0.05, 0) is 37.5 Å². The van der Waals surface area contributed by atoms with Crippen LogP contribution >= 0.6 is 0 Å². The highest BCUT2D eigenvalue weighted by Gasteiger charge is 2.59. The maximum absolute atomic E-state index is 12.4. The van der Waals surface area contributed by atoms with Crippen molar-refractivity contribution in [2.75, 3.05) is 0 Å². The number of imide groups is 1. The Kier molecular flexibility index (Phi) is 2.77. The predicted octanol–water partition coefficient (Wildman–Crippen LogP) is 1.18. The van der Waals surface area contributed by atoms with Gasteiger partial charge in [0.15, 0.2) is 0 Å². The summed E-state index contributed by atoms with van der Waals surface area (Å²) < 4.78 is 0. The molecule has 1 N–H and O–H groups in total. The van der Waals surface area contributed by atoms with E-state index in [1.807, 2.05) is 18.2 Å². The summed E-state index contributed by atoms with van der Waals surface area (Å²) in [5.41, 5.74) is 2.58. The zero-order valence-corrected chi connectivity index (χ0v) is 11.7. The van der Waals surface area contributed by atoms with Gasteiger partial charge in [-0.3, -0.25) is 19.8 Å². The maximum atomic E-state index is 12.4. The number of hydrogen-bond acceptors (Lipinski definition) is 3. The monoisotopic (exact) mass is 286 g/mol. The van der Waals surface area contributed by atoms with Crippen LogP contribution in [0.15, 0.2) is 24.3 Å². The van der Waals surface area contributed by atoms with Crippen molar-refractivity contribution in [3.63, 3.8) is 0 Å². The second-order valence-corrected chi connectivity index (χ2v) is 6.47. The lowest BCUT2D eigenvalue weighted by molar-refractivity contribution is -0.151. The maximum Gasteiger partial charge on any atom is 0.252 e. The highest BCUT2D eigenvalue weighted by Crippen LogP contribution is 2.52. The molecule has 1 saturated heterocycles. The molecule has 0 aromatic rings. The second kappa shape index (κ2) is 4.55. The molecule has 21 heavy (non-hydrogen) atoms. The van der Waals surface area contributed by atoms with Gasteiger partial charge in [0, 0.05) is 5.92 Å². The van der Waals surface area contributed by atoms with E-state index in [1.54, 1.807) is 0 Å². The van der Waals surface area contributed by atoms with E-state index in [0.29, 0.717) is 6.42 Å². The zero-order chi connectivity index (χ0) is 14.6. The molecule has 0 aromatic carbocycles. The highest BCUT2D eigenvalue weighted by atomic mass is 16.2. The summed E-state index contributed by atoms with van der Waals surface area (Å²) in [5, 5.41) is 1.00. The first kappa shape index (κ1) is 12.8. The molecule has 1 heterocycles. The van der Waals surface area contributed by atoms with Crippen LogP contribution in [0.25, 0.3) is 0 Å². The van der Waals surface area contributed by atoms with Crippen LogP contribution < -0.4 is 5.43 Å². The minimum Gasteiger partial charge on any atom is -0.273 e. The van der Waals surface area contributed by atoms with E-state index in [0.717, 1.165) is 24.3 Å². The number of allylic oxidation sites excluding steroid dienone is 4. The van der Waals surface area contributed by atoms with Crippen molar-refractivity contribution in [2.24, 2.45) is 29.6 Å². The van der Waals surface area contributed by atoms with Gasteiger partial charge in [0.05, 0.1) is 11.8 Å². The summed E-state index contributed by atoms with van der Waals surface area (Å²) in [5.74, 6) is -0.930. The minimum atomic E-state index is -0.251. The van der Waals surface area contributed by atoms with Gasteiger partial charge in [-0.15, -0.1) is 0 Å². The molecule has 0 radical (unpaired) electrons. The standard InChI is InChI=1S/C16H18N2O3/c19-14(9-4-2-1-3-5-9)17-18-15(20)12-10-6-7-11(8-10)13(12)16(18)21/h1-2,6-7,9-13H,3-5,8H2,(H,17,19)/t9-,10+,11+,12-,13-/m1/s1. The van der Waals surface area contributed by atoms with Crippen LogP contribution in [-0.2, 0) is 14.4 Å². The van der Waals surface area contributed by atoms with Gasteiger partial charge < -0.3 is 0 Å². The highest BCUT2D eigenvalue weighted by molar-refractivity contribution is 6.07. The molecule has 3 amide bonds. The molecule has 4 aliphatic rings. The van der Waals surface area contributed by atoms with Gasteiger partial charge in [-0.25, -0.2) is 0 Å². The molecule has 5 nitrogen and oxygen atoms in total. The number of carbonyl (C=O) groups excluding carboxylic acids is 3. The summed E-state index contributed by atoms with van der Waals surface area (Å²) in [6, 6.07) is 0. The predicted molar refractivity (Wildman–Crippen MR) is 74.2 cm³/mol. The molecule has 2 fully saturated rings. The quantitative estimate of drug-likeness (QED) is 0.612. The number of rotatable bonds is 2. The molecule has 5 heteroatoms. The Morgan fingerprint density at radius 1 is 1.10 bits per heavy atom. The molecule has 0 aromatic heterocycles. The summed E-state index contributed by atoms with van der Waals surface area (Å²) >= 11 is 0. The topological polar surface area (TPSA) is 66.5 Å². The van der Waals surface area contributed by atoms with Gasteiger partial charge in [0.2, 0.25) is 5.91 Å². The SMILES string of the molecule is O=C(NN1C(=O)[C@H]2[C@H](C1=O)[C@H]1C=C[C@H]2C1)[C@@H]1CC=CCC1. The van der Waals surface area contributed by atoms with Crippen molar-refractivity contribution in [1.29, 1.82) is 0 Å². The fourth-order valence-electron chi connectivity index (χ4n) is 4.25. The van der Waals surface area contributed by atoms with Crippen LogP contribution in [0.5, 0.6) is 0 Å². The van der Waals surface area contributed by atoms with Crippen LogP contribution in [0, 0.1) is 29.6 Å². The Bertz CT molecular complexity index is 550. The van der Waals surface area contributed by atoms with Crippen LogP contribution in [0.1, 0.15) is 25.7 Å². The Hall–Kier alpha value is -1.91. The molecule has 3 aliphatic carbocycles. The molecule has 110 valence electrons. The van der Waals surface area contributed by atoms with E-state index in [-0.39, 0.29) is 47.3 Å². The van der Waals surface area contributed by atoms with E-state index >= 15 is 0 Å². The fourth-order valence-corrected chi connectivity index (χ4v) is 4.25. The van der Waals surface area contributed by atoms with E-state index in [4.69, 9.17) is 0 Å². The number of amides is 3. The largest absolute Gasteiger partial charge is 0.273 e. The summed E-state index contributed by atoms with van der Waals surface area (Å²) in [4.78, 5) is 37.1. The van der Waals surface area contributed by atoms with Crippen molar-refractivity contribution >= 4 is 17.7 Å². The molecule has 0 unspecified atom stereocenters. The number of carbonyl (C=O) groups is 3. The van der Waals surface area contributed by atoms with E-state index < -0.39 is 0 Å². The van der Waals surface area contributed by atoms with E-state index in [1.165, 1.54) is 0 Å². The first-order valence-electron chi connectivity index (χ1n) is 7.68. The lowest BCUT2D eigenvalue weighted by atomic mass is 9.85. The number of hydrazine groups is 1. The van der Waals surface area contributed by atoms with Crippen molar-refractivity contribution < 1.29 is 14.4 Å². The van der Waals surface area contributed by atoms with Crippen molar-refractivity contribution in [3.8, 4) is 0 Å². The van der Waals surface area contributed by atoms with Crippen LogP contribution in [0.4, 0.5) is 0 Å². The van der Waals surface area contributed by atoms with Crippen LogP contribution in [0.2, 0.25) is 0 Å². The normalized spacial score (nSPS) is 40.0. The van der Waals surface area contributed by atoms with Gasteiger partial charge in [-0.2, -0.15) is 5.01 Å². The van der Waals surface area contributed by atoms with Crippen LogP contribution in [0.3, 0.4) is 0 Å². The lowest BCUT2D eigenvalue weighted by Gasteiger charge is -2.22. The summed E-state index contributed by atoms with van der Waals surface area (Å²) in [6.45, 7) is 0. The first-order valence-corrected chi connectivity index (χ1v) is 7.68. The molecule has 1 saturated carbocycles. The average Bonchev–Trinajstić information content (AvgIpc) is 3.18. The third-order valence-corrected chi connectivity index (χ3v) is 5.33. The third kappa shape index (κ3) is 1.79. The van der Waals surface area contributed by atoms with E-state index in [9.17, 15) is 14.4 Å². The van der Waals surface area contributed by atoms with Gasteiger partial charge in [-0.1, -0.05) is 24.3 Å². The Balaban J connectivity index is 1.49. The second-order valence-electron chi connectivity index (χ2n) is 6.47. The number of fused-ring (bicyclic) bond motifs is 5. The summed E-state index contributed by atoms with van der Waals surface area (Å²) in [6.07, 6.45) is 11.4. The molecule has 2 bridgehead atoms. The molecule has 5 atom stereocenters. The van der Waals surface area contributed by atoms with Gasteiger partial charge in [0.1, 0.15) is 0 Å². The Morgan fingerprint density at radius 3 is 2.33 bits per heavy atom. The third-order valence-electron chi connectivity index (χ3n) is 5.33. The van der Waals surface area contributed by atoms with Gasteiger partial charge >= 0.3 is 0 Å². The van der Waals surface area contributed by atoms with Crippen molar-refractivity contribution in [2.45, 2.75) is 25.7 Å². The Morgan fingerprint density at radius 2 is 1.76 bits per heavy atom. The number of nitrogens with zero attached hydrogens (tertiary/aromatic N) is 1. The number of nitrogens with one attached hydrogen (secondary N) is 1. The van der Waals surface area contributed by atoms with Gasteiger partial charge in [0.25, 0.3) is 11.8 Å². The van der Waals surface area contributed by atoms with Crippen molar-refractivity contribution in [3.05, 3.63) is 24.3 Å². The average molecular weight is 286 g/mol. The molecule has 4 rings (SSSR count). The zero-order valence-electron chi connectivity index (χ0n) is 11.7. The molecule has 0 spiro atoms. The summed E-state index contributed by atoms with van der Waals surface area (Å²) in [7, 11) is 0. The van der Waals surface area contributed by atoms with Crippen LogP contribution in [-0.4, -0.2) is 22.7 Å². The smallest absolute Gasteiger partial charge is 0.252 e. The van der Waals surface area contributed by atoms with Crippen molar-refractivity contribution in [1.82, 2.24) is 10.4 Å². The number of hydrogen-bond donors (Lipinski definition) is 1. The van der Waals surface area contributed by atoms with E-state index in [2.05, 4.69) is 11.5 Å². The minimum absolute atomic E-state index is 0.133. The fraction of sp³-hybridized carbons (Fsp3) is 0.562. The molecule has 1 aliphatic heterocycles. The Labute approximate surface area is 123 Å².